The van der Waals surface area contributed by atoms with Crippen LogP contribution in [0.15, 0.2) is 22.7 Å². The van der Waals surface area contributed by atoms with Gasteiger partial charge in [0.25, 0.3) is 5.91 Å². The maximum atomic E-state index is 11.6. The Balaban J connectivity index is 2.03. The molecule has 84 valence electrons. The molecule has 6 heteroatoms. The van der Waals surface area contributed by atoms with Crippen LogP contribution in [-0.4, -0.2) is 14.7 Å². The molecule has 2 aromatic heterocycles. The Morgan fingerprint density at radius 2 is 2.38 bits per heavy atom. The van der Waals surface area contributed by atoms with Gasteiger partial charge in [-0.2, -0.15) is 8.75 Å². The zero-order valence-corrected chi connectivity index (χ0v) is 9.75. The van der Waals surface area contributed by atoms with Gasteiger partial charge < -0.3 is 9.73 Å². The second-order valence-corrected chi connectivity index (χ2v) is 3.99. The van der Waals surface area contributed by atoms with Crippen molar-refractivity contribution in [2.75, 3.05) is 0 Å². The highest BCUT2D eigenvalue weighted by atomic mass is 32.1. The summed E-state index contributed by atoms with van der Waals surface area (Å²) in [6.45, 7) is 3.72. The molecule has 0 saturated heterocycles. The fourth-order valence-electron chi connectivity index (χ4n) is 1.29. The van der Waals surface area contributed by atoms with Crippen molar-refractivity contribution in [1.29, 1.82) is 0 Å². The fourth-order valence-corrected chi connectivity index (χ4v) is 1.70. The van der Waals surface area contributed by atoms with Gasteiger partial charge in [0.15, 0.2) is 5.69 Å². The number of carbonyl (C=O) groups excluding carboxylic acids is 1. The van der Waals surface area contributed by atoms with E-state index in [9.17, 15) is 4.79 Å². The van der Waals surface area contributed by atoms with Crippen LogP contribution in [0.1, 0.15) is 35.0 Å². The van der Waals surface area contributed by atoms with Crippen LogP contribution in [0.25, 0.3) is 0 Å². The molecular formula is C10H11N3O2S. The molecule has 0 aliphatic carbocycles. The molecule has 1 atom stereocenters. The van der Waals surface area contributed by atoms with Crippen molar-refractivity contribution in [2.45, 2.75) is 19.9 Å². The predicted octanol–water partition coefficient (Wildman–Crippen LogP) is 1.93. The molecule has 2 rings (SSSR count). The summed E-state index contributed by atoms with van der Waals surface area (Å²) in [4.78, 5) is 11.6. The van der Waals surface area contributed by atoms with Crippen LogP contribution >= 0.6 is 11.7 Å². The SMILES string of the molecule is Cc1ccc([C@@H](C)NC(=O)c2cnsn2)o1. The van der Waals surface area contributed by atoms with Gasteiger partial charge in [-0.25, -0.2) is 0 Å². The highest BCUT2D eigenvalue weighted by Gasteiger charge is 2.15. The van der Waals surface area contributed by atoms with Crippen LogP contribution in [0.2, 0.25) is 0 Å². The number of furan rings is 1. The van der Waals surface area contributed by atoms with Crippen LogP contribution in [-0.2, 0) is 0 Å². The summed E-state index contributed by atoms with van der Waals surface area (Å²) < 4.78 is 13.0. The van der Waals surface area contributed by atoms with E-state index in [1.165, 1.54) is 6.20 Å². The van der Waals surface area contributed by atoms with Crippen LogP contribution in [0.5, 0.6) is 0 Å². The lowest BCUT2D eigenvalue weighted by atomic mass is 10.2. The third-order valence-corrected chi connectivity index (χ3v) is 2.61. The summed E-state index contributed by atoms with van der Waals surface area (Å²) in [6, 6.07) is 3.53. The van der Waals surface area contributed by atoms with E-state index in [0.29, 0.717) is 5.69 Å². The zero-order valence-electron chi connectivity index (χ0n) is 8.93. The third-order valence-electron chi connectivity index (χ3n) is 2.13. The van der Waals surface area contributed by atoms with Crippen LogP contribution in [0, 0.1) is 6.92 Å². The lowest BCUT2D eigenvalue weighted by Gasteiger charge is -2.09. The number of rotatable bonds is 3. The van der Waals surface area contributed by atoms with Crippen molar-refractivity contribution >= 4 is 17.6 Å². The molecule has 0 aliphatic heterocycles. The Hall–Kier alpha value is -1.69. The molecule has 0 aliphatic rings. The molecule has 2 aromatic rings. The number of nitrogens with zero attached hydrogens (tertiary/aromatic N) is 2. The lowest BCUT2D eigenvalue weighted by Crippen LogP contribution is -2.26. The van der Waals surface area contributed by atoms with E-state index >= 15 is 0 Å². The van der Waals surface area contributed by atoms with Gasteiger partial charge in [-0.1, -0.05) is 0 Å². The van der Waals surface area contributed by atoms with E-state index in [1.54, 1.807) is 0 Å². The van der Waals surface area contributed by atoms with Gasteiger partial charge in [-0.3, -0.25) is 4.79 Å². The van der Waals surface area contributed by atoms with Gasteiger partial charge in [0, 0.05) is 0 Å². The van der Waals surface area contributed by atoms with Crippen molar-refractivity contribution in [3.05, 3.63) is 35.5 Å². The fraction of sp³-hybridized carbons (Fsp3) is 0.300. The quantitative estimate of drug-likeness (QED) is 0.885. The Morgan fingerprint density at radius 3 is 2.94 bits per heavy atom. The first-order valence-corrected chi connectivity index (χ1v) is 5.54. The number of nitrogens with one attached hydrogen (secondary N) is 1. The molecule has 1 N–H and O–H groups in total. The van der Waals surface area contributed by atoms with E-state index < -0.39 is 0 Å². The first kappa shape index (κ1) is 10.8. The van der Waals surface area contributed by atoms with Gasteiger partial charge in [-0.05, 0) is 26.0 Å². The Labute approximate surface area is 96.8 Å². The lowest BCUT2D eigenvalue weighted by molar-refractivity contribution is 0.0931. The molecule has 0 radical (unpaired) electrons. The summed E-state index contributed by atoms with van der Waals surface area (Å²) in [6.07, 6.45) is 1.44. The topological polar surface area (TPSA) is 68.0 Å². The highest BCUT2D eigenvalue weighted by Crippen LogP contribution is 2.15. The Kier molecular flexibility index (Phi) is 3.00. The molecule has 0 spiro atoms. The average Bonchev–Trinajstić information content (AvgIpc) is 2.87. The molecular weight excluding hydrogens is 226 g/mol. The monoisotopic (exact) mass is 237 g/mol. The zero-order chi connectivity index (χ0) is 11.5. The van der Waals surface area contributed by atoms with Gasteiger partial charge in [-0.15, -0.1) is 0 Å². The summed E-state index contributed by atoms with van der Waals surface area (Å²) in [5.41, 5.74) is 0.333. The Morgan fingerprint density at radius 1 is 1.56 bits per heavy atom. The van der Waals surface area contributed by atoms with E-state index in [1.807, 2.05) is 26.0 Å². The largest absolute Gasteiger partial charge is 0.464 e. The van der Waals surface area contributed by atoms with Crippen molar-refractivity contribution in [3.8, 4) is 0 Å². The predicted molar refractivity (Wildman–Crippen MR) is 59.2 cm³/mol. The molecule has 0 aromatic carbocycles. The second-order valence-electron chi connectivity index (χ2n) is 3.44. The minimum absolute atomic E-state index is 0.178. The van der Waals surface area contributed by atoms with E-state index in [2.05, 4.69) is 14.1 Å². The molecule has 2 heterocycles. The maximum absolute atomic E-state index is 11.6. The molecule has 0 fully saturated rings. The van der Waals surface area contributed by atoms with Crippen molar-refractivity contribution in [1.82, 2.24) is 14.1 Å². The summed E-state index contributed by atoms with van der Waals surface area (Å²) in [5, 5.41) is 2.78. The van der Waals surface area contributed by atoms with Gasteiger partial charge in [0.2, 0.25) is 0 Å². The summed E-state index contributed by atoms with van der Waals surface area (Å²) >= 11 is 1.01. The second kappa shape index (κ2) is 4.44. The van der Waals surface area contributed by atoms with Crippen LogP contribution in [0.3, 0.4) is 0 Å². The van der Waals surface area contributed by atoms with Crippen molar-refractivity contribution < 1.29 is 9.21 Å². The third kappa shape index (κ3) is 2.27. The number of amides is 1. The number of aryl methyl sites for hydroxylation is 1. The minimum Gasteiger partial charge on any atom is -0.464 e. The molecule has 16 heavy (non-hydrogen) atoms. The molecule has 5 nitrogen and oxygen atoms in total. The summed E-state index contributed by atoms with van der Waals surface area (Å²) in [7, 11) is 0. The number of carbonyl (C=O) groups is 1. The molecule has 0 saturated carbocycles. The number of hydrogen-bond donors (Lipinski definition) is 1. The van der Waals surface area contributed by atoms with Crippen molar-refractivity contribution in [3.63, 3.8) is 0 Å². The van der Waals surface area contributed by atoms with E-state index in [4.69, 9.17) is 4.42 Å². The molecule has 0 bridgehead atoms. The van der Waals surface area contributed by atoms with E-state index in [0.717, 1.165) is 23.2 Å². The average molecular weight is 237 g/mol. The van der Waals surface area contributed by atoms with Crippen LogP contribution < -0.4 is 5.32 Å². The van der Waals surface area contributed by atoms with Gasteiger partial charge >= 0.3 is 0 Å². The number of aromatic nitrogens is 2. The number of hydrogen-bond acceptors (Lipinski definition) is 5. The Bertz CT molecular complexity index is 478. The van der Waals surface area contributed by atoms with Crippen molar-refractivity contribution in [2.24, 2.45) is 0 Å². The van der Waals surface area contributed by atoms with Gasteiger partial charge in [0.1, 0.15) is 11.5 Å². The first-order chi connectivity index (χ1) is 7.66. The molecule has 1 amide bonds. The van der Waals surface area contributed by atoms with Gasteiger partial charge in [0.05, 0.1) is 24.0 Å². The normalized spacial score (nSPS) is 12.4. The molecule has 0 unspecified atom stereocenters. The highest BCUT2D eigenvalue weighted by molar-refractivity contribution is 6.99. The first-order valence-electron chi connectivity index (χ1n) is 4.81. The maximum Gasteiger partial charge on any atom is 0.273 e. The van der Waals surface area contributed by atoms with Crippen LogP contribution in [0.4, 0.5) is 0 Å². The van der Waals surface area contributed by atoms with E-state index in [-0.39, 0.29) is 11.9 Å². The summed E-state index contributed by atoms with van der Waals surface area (Å²) in [5.74, 6) is 1.32. The minimum atomic E-state index is -0.240. The smallest absolute Gasteiger partial charge is 0.273 e. The standard InChI is InChI=1S/C10H11N3O2S/c1-6-3-4-9(15-6)7(2)12-10(14)8-5-11-16-13-8/h3-5,7H,1-2H3,(H,12,14)/t7-/m1/s1.